The van der Waals surface area contributed by atoms with Gasteiger partial charge in [-0.05, 0) is 40.8 Å². The molecule has 0 fully saturated rings. The molecule has 2 aromatic rings. The molecule has 0 radical (unpaired) electrons. The number of halogens is 3. The second kappa shape index (κ2) is 6.16. The monoisotopic (exact) mass is 463 g/mol. The summed E-state index contributed by atoms with van der Waals surface area (Å²) in [5, 5.41) is 3.08. The summed E-state index contributed by atoms with van der Waals surface area (Å²) >= 11 is 5.68. The van der Waals surface area contributed by atoms with Gasteiger partial charge in [-0.25, -0.2) is 14.4 Å². The van der Waals surface area contributed by atoms with Crippen molar-refractivity contribution in [3.05, 3.63) is 37.8 Å². The molecule has 0 atom stereocenters. The number of hydrogen-bond donors (Lipinski definition) is 1. The Balaban J connectivity index is 2.73. The molecule has 1 heterocycles. The molecule has 0 aliphatic rings. The molecule has 6 heteroatoms. The molecular weight excluding hydrogens is 448 g/mol. The Hall–Kier alpha value is -0.760. The van der Waals surface area contributed by atoms with Gasteiger partial charge in [-0.3, -0.25) is 0 Å². The van der Waals surface area contributed by atoms with Crippen LogP contribution in [0.2, 0.25) is 0 Å². The van der Waals surface area contributed by atoms with E-state index in [4.69, 9.17) is 0 Å². The molecule has 0 aliphatic heterocycles. The zero-order chi connectivity index (χ0) is 15.8. The molecular formula is C15H16BrFIN3. The average molecular weight is 464 g/mol. The molecule has 0 saturated carbocycles. The molecule has 0 bridgehead atoms. The Labute approximate surface area is 146 Å². The quantitative estimate of drug-likeness (QED) is 0.637. The molecule has 1 aromatic heterocycles. The molecule has 0 aliphatic carbocycles. The summed E-state index contributed by atoms with van der Waals surface area (Å²) in [6.07, 6.45) is 0. The van der Waals surface area contributed by atoms with Crippen molar-refractivity contribution in [3.63, 3.8) is 0 Å². The Morgan fingerprint density at radius 2 is 1.90 bits per heavy atom. The first-order chi connectivity index (χ1) is 9.74. The molecule has 21 heavy (non-hydrogen) atoms. The lowest BCUT2D eigenvalue weighted by atomic mass is 9.91. The highest BCUT2D eigenvalue weighted by atomic mass is 127. The number of hydrogen-bond acceptors (Lipinski definition) is 3. The lowest BCUT2D eigenvalue weighted by Crippen LogP contribution is -2.18. The van der Waals surface area contributed by atoms with Crippen LogP contribution in [0.1, 0.15) is 26.5 Å². The SMILES string of the molecule is CNc1nc(-c2cc(F)ccc2Br)nc(C(C)(C)C)c1I. The van der Waals surface area contributed by atoms with Crippen molar-refractivity contribution in [2.45, 2.75) is 26.2 Å². The molecule has 0 spiro atoms. The van der Waals surface area contributed by atoms with E-state index in [0.29, 0.717) is 11.4 Å². The van der Waals surface area contributed by atoms with Gasteiger partial charge in [0.2, 0.25) is 0 Å². The number of aromatic nitrogens is 2. The summed E-state index contributed by atoms with van der Waals surface area (Å²) in [5.74, 6) is 0.955. The average Bonchev–Trinajstić information content (AvgIpc) is 2.40. The zero-order valence-electron chi connectivity index (χ0n) is 12.3. The molecule has 2 rings (SSSR count). The predicted molar refractivity (Wildman–Crippen MR) is 96.1 cm³/mol. The van der Waals surface area contributed by atoms with Gasteiger partial charge in [0.25, 0.3) is 0 Å². The van der Waals surface area contributed by atoms with Crippen LogP contribution in [0.5, 0.6) is 0 Å². The lowest BCUT2D eigenvalue weighted by Gasteiger charge is -2.22. The topological polar surface area (TPSA) is 37.8 Å². The van der Waals surface area contributed by atoms with E-state index in [0.717, 1.165) is 19.6 Å². The summed E-state index contributed by atoms with van der Waals surface area (Å²) in [7, 11) is 1.82. The molecule has 0 unspecified atom stereocenters. The largest absolute Gasteiger partial charge is 0.372 e. The van der Waals surface area contributed by atoms with Crippen LogP contribution in [0.25, 0.3) is 11.4 Å². The first-order valence-corrected chi connectivity index (χ1v) is 8.32. The molecule has 1 N–H and O–H groups in total. The molecule has 0 amide bonds. The molecule has 112 valence electrons. The van der Waals surface area contributed by atoms with Crippen molar-refractivity contribution in [2.24, 2.45) is 0 Å². The second-order valence-corrected chi connectivity index (χ2v) is 7.62. The fourth-order valence-corrected chi connectivity index (χ4v) is 3.64. The number of nitrogens with zero attached hydrogens (tertiary/aromatic N) is 2. The highest BCUT2D eigenvalue weighted by molar-refractivity contribution is 14.1. The van der Waals surface area contributed by atoms with Crippen molar-refractivity contribution in [1.82, 2.24) is 9.97 Å². The van der Waals surface area contributed by atoms with E-state index in [9.17, 15) is 4.39 Å². The van der Waals surface area contributed by atoms with Crippen LogP contribution in [-0.4, -0.2) is 17.0 Å². The van der Waals surface area contributed by atoms with Crippen LogP contribution < -0.4 is 5.32 Å². The smallest absolute Gasteiger partial charge is 0.163 e. The first-order valence-electron chi connectivity index (χ1n) is 6.45. The maximum absolute atomic E-state index is 13.5. The number of rotatable bonds is 2. The number of nitrogens with one attached hydrogen (secondary N) is 1. The fraction of sp³-hybridized carbons (Fsp3) is 0.333. The highest BCUT2D eigenvalue weighted by Gasteiger charge is 2.23. The van der Waals surface area contributed by atoms with Gasteiger partial charge in [-0.15, -0.1) is 0 Å². The predicted octanol–water partition coefficient (Wildman–Crippen LogP) is 4.99. The van der Waals surface area contributed by atoms with Crippen molar-refractivity contribution in [3.8, 4) is 11.4 Å². The van der Waals surface area contributed by atoms with Crippen LogP contribution in [0.15, 0.2) is 22.7 Å². The molecule has 0 saturated heterocycles. The van der Waals surface area contributed by atoms with Gasteiger partial charge in [0.15, 0.2) is 5.82 Å². The van der Waals surface area contributed by atoms with E-state index in [1.165, 1.54) is 12.1 Å². The summed E-state index contributed by atoms with van der Waals surface area (Å²) < 4.78 is 15.3. The van der Waals surface area contributed by atoms with E-state index in [1.807, 2.05) is 7.05 Å². The van der Waals surface area contributed by atoms with Gasteiger partial charge in [0.1, 0.15) is 11.6 Å². The third kappa shape index (κ3) is 3.53. The van der Waals surface area contributed by atoms with Crippen LogP contribution in [0, 0.1) is 9.39 Å². The minimum Gasteiger partial charge on any atom is -0.372 e. The normalized spacial score (nSPS) is 11.6. The minimum atomic E-state index is -0.307. The Bertz CT molecular complexity index is 683. The minimum absolute atomic E-state index is 0.125. The van der Waals surface area contributed by atoms with E-state index < -0.39 is 0 Å². The van der Waals surface area contributed by atoms with E-state index in [-0.39, 0.29) is 11.2 Å². The van der Waals surface area contributed by atoms with Crippen LogP contribution >= 0.6 is 38.5 Å². The van der Waals surface area contributed by atoms with Crippen LogP contribution in [0.3, 0.4) is 0 Å². The van der Waals surface area contributed by atoms with Crippen molar-refractivity contribution in [2.75, 3.05) is 12.4 Å². The van der Waals surface area contributed by atoms with Gasteiger partial charge >= 0.3 is 0 Å². The first kappa shape index (κ1) is 16.6. The van der Waals surface area contributed by atoms with Gasteiger partial charge in [-0.2, -0.15) is 0 Å². The highest BCUT2D eigenvalue weighted by Crippen LogP contribution is 2.33. The van der Waals surface area contributed by atoms with E-state index in [1.54, 1.807) is 6.07 Å². The summed E-state index contributed by atoms with van der Waals surface area (Å²) in [6.45, 7) is 6.30. The molecule has 3 nitrogen and oxygen atoms in total. The Kier molecular flexibility index (Phi) is 4.87. The second-order valence-electron chi connectivity index (χ2n) is 5.68. The summed E-state index contributed by atoms with van der Waals surface area (Å²) in [4.78, 5) is 9.18. The number of anilines is 1. The third-order valence-corrected chi connectivity index (χ3v) is 4.68. The van der Waals surface area contributed by atoms with Gasteiger partial charge < -0.3 is 5.32 Å². The van der Waals surface area contributed by atoms with Gasteiger partial charge in [-0.1, -0.05) is 36.7 Å². The maximum atomic E-state index is 13.5. The maximum Gasteiger partial charge on any atom is 0.163 e. The summed E-state index contributed by atoms with van der Waals surface area (Å²) in [5.41, 5.74) is 1.46. The van der Waals surface area contributed by atoms with Crippen LogP contribution in [-0.2, 0) is 5.41 Å². The van der Waals surface area contributed by atoms with Crippen LogP contribution in [0.4, 0.5) is 10.2 Å². The van der Waals surface area contributed by atoms with E-state index in [2.05, 4.69) is 74.6 Å². The van der Waals surface area contributed by atoms with Crippen molar-refractivity contribution < 1.29 is 4.39 Å². The standard InChI is InChI=1S/C15H16BrFIN3/c1-15(2,3)12-11(18)14(19-4)21-13(20-12)9-7-8(17)5-6-10(9)16/h5-7H,1-4H3,(H,19,20,21). The lowest BCUT2D eigenvalue weighted by molar-refractivity contribution is 0.564. The van der Waals surface area contributed by atoms with Crippen molar-refractivity contribution in [1.29, 1.82) is 0 Å². The van der Waals surface area contributed by atoms with Gasteiger partial charge in [0.05, 0.1) is 9.26 Å². The van der Waals surface area contributed by atoms with Crippen molar-refractivity contribution >= 4 is 44.3 Å². The van der Waals surface area contributed by atoms with Gasteiger partial charge in [0, 0.05) is 22.5 Å². The number of benzene rings is 1. The zero-order valence-corrected chi connectivity index (χ0v) is 16.0. The summed E-state index contributed by atoms with van der Waals surface area (Å²) in [6, 6.07) is 4.52. The fourth-order valence-electron chi connectivity index (χ4n) is 1.90. The Morgan fingerprint density at radius 3 is 2.48 bits per heavy atom. The van der Waals surface area contributed by atoms with E-state index >= 15 is 0 Å². The molecule has 1 aromatic carbocycles. The Morgan fingerprint density at radius 1 is 1.24 bits per heavy atom. The third-order valence-electron chi connectivity index (χ3n) is 2.97.